The van der Waals surface area contributed by atoms with Gasteiger partial charge in [0.05, 0.1) is 6.10 Å². The van der Waals surface area contributed by atoms with Gasteiger partial charge in [0.1, 0.15) is 11.4 Å². The number of rotatable bonds is 10. The number of hydrogen-bond acceptors (Lipinski definition) is 3. The van der Waals surface area contributed by atoms with E-state index in [0.29, 0.717) is 6.61 Å². The Hall–Kier alpha value is -1.55. The minimum atomic E-state index is -0.779. The molecule has 0 aliphatic heterocycles. The molecule has 4 heteroatoms. The molecule has 0 unspecified atom stereocenters. The Bertz CT molecular complexity index is 460. The van der Waals surface area contributed by atoms with Gasteiger partial charge in [-0.1, -0.05) is 26.7 Å². The summed E-state index contributed by atoms with van der Waals surface area (Å²) in [5, 5.41) is 2.96. The molecular formula is C19H31NO3. The zero-order valence-corrected chi connectivity index (χ0v) is 15.1. The van der Waals surface area contributed by atoms with Crippen LogP contribution in [0, 0.1) is 0 Å². The van der Waals surface area contributed by atoms with Crippen LogP contribution < -0.4 is 10.1 Å². The van der Waals surface area contributed by atoms with Crippen molar-refractivity contribution in [3.63, 3.8) is 0 Å². The smallest absolute Gasteiger partial charge is 0.256 e. The van der Waals surface area contributed by atoms with Crippen LogP contribution in [-0.2, 0) is 9.53 Å². The molecule has 0 aliphatic rings. The van der Waals surface area contributed by atoms with Crippen LogP contribution in [-0.4, -0.2) is 24.2 Å². The molecule has 0 aromatic heterocycles. The van der Waals surface area contributed by atoms with E-state index in [4.69, 9.17) is 9.47 Å². The van der Waals surface area contributed by atoms with Crippen molar-refractivity contribution in [3.05, 3.63) is 24.3 Å². The van der Waals surface area contributed by atoms with Crippen molar-refractivity contribution in [3.8, 4) is 5.75 Å². The molecule has 0 aliphatic carbocycles. The summed E-state index contributed by atoms with van der Waals surface area (Å²) in [7, 11) is 0. The number of nitrogens with one attached hydrogen (secondary N) is 1. The largest absolute Gasteiger partial charge is 0.491 e. The van der Waals surface area contributed by atoms with Crippen LogP contribution in [0.3, 0.4) is 0 Å². The first-order valence-corrected chi connectivity index (χ1v) is 8.63. The van der Waals surface area contributed by atoms with E-state index in [2.05, 4.69) is 12.2 Å². The van der Waals surface area contributed by atoms with Gasteiger partial charge in [0.25, 0.3) is 5.91 Å². The summed E-state index contributed by atoms with van der Waals surface area (Å²) in [5.74, 6) is 0.714. The predicted octanol–water partition coefficient (Wildman–Crippen LogP) is 4.79. The highest BCUT2D eigenvalue weighted by Gasteiger charge is 2.33. The van der Waals surface area contributed by atoms with Crippen molar-refractivity contribution in [2.75, 3.05) is 11.9 Å². The molecule has 4 nitrogen and oxygen atoms in total. The second-order valence-electron chi connectivity index (χ2n) is 6.33. The van der Waals surface area contributed by atoms with Gasteiger partial charge in [-0.2, -0.15) is 0 Å². The topological polar surface area (TPSA) is 47.6 Å². The van der Waals surface area contributed by atoms with Gasteiger partial charge < -0.3 is 14.8 Å². The fourth-order valence-corrected chi connectivity index (χ4v) is 2.24. The van der Waals surface area contributed by atoms with Crippen LogP contribution in [0.1, 0.15) is 60.3 Å². The molecule has 23 heavy (non-hydrogen) atoms. The monoisotopic (exact) mass is 321 g/mol. The Balaban J connectivity index is 2.73. The molecular weight excluding hydrogens is 290 g/mol. The lowest BCUT2D eigenvalue weighted by Crippen LogP contribution is -2.43. The fraction of sp³-hybridized carbons (Fsp3) is 0.632. The number of amides is 1. The summed E-state index contributed by atoms with van der Waals surface area (Å²) in [6.07, 6.45) is 3.77. The molecule has 0 fully saturated rings. The van der Waals surface area contributed by atoms with Gasteiger partial charge in [-0.3, -0.25) is 4.79 Å². The Morgan fingerprint density at radius 3 is 2.35 bits per heavy atom. The van der Waals surface area contributed by atoms with E-state index >= 15 is 0 Å². The number of carbonyl (C=O) groups excluding carboxylic acids is 1. The lowest BCUT2D eigenvalue weighted by atomic mass is 9.97. The average Bonchev–Trinajstić information content (AvgIpc) is 2.52. The molecule has 0 heterocycles. The van der Waals surface area contributed by atoms with Crippen molar-refractivity contribution in [1.82, 2.24) is 0 Å². The first-order chi connectivity index (χ1) is 10.9. The second-order valence-corrected chi connectivity index (χ2v) is 6.33. The summed E-state index contributed by atoms with van der Waals surface area (Å²) in [6, 6.07) is 7.45. The van der Waals surface area contributed by atoms with Crippen LogP contribution in [0.25, 0.3) is 0 Å². The standard InChI is InChI=1S/C19H31NO3/c1-6-8-13-19(5,22-14-7-2)18(21)20-16-9-11-17(12-10-16)23-15(3)4/h9-12,15H,6-8,13-14H2,1-5H3,(H,20,21)/t19-/m0/s1. The molecule has 1 atom stereocenters. The van der Waals surface area contributed by atoms with Gasteiger partial charge in [-0.15, -0.1) is 0 Å². The van der Waals surface area contributed by atoms with Gasteiger partial charge in [0.2, 0.25) is 0 Å². The van der Waals surface area contributed by atoms with Crippen LogP contribution in [0.15, 0.2) is 24.3 Å². The maximum Gasteiger partial charge on any atom is 0.256 e. The van der Waals surface area contributed by atoms with Crippen LogP contribution in [0.5, 0.6) is 5.75 Å². The fourth-order valence-electron chi connectivity index (χ4n) is 2.24. The highest BCUT2D eigenvalue weighted by Crippen LogP contribution is 2.23. The number of benzene rings is 1. The lowest BCUT2D eigenvalue weighted by molar-refractivity contribution is -0.140. The van der Waals surface area contributed by atoms with Crippen LogP contribution in [0.2, 0.25) is 0 Å². The maximum absolute atomic E-state index is 12.6. The lowest BCUT2D eigenvalue weighted by Gasteiger charge is -2.28. The van der Waals surface area contributed by atoms with Gasteiger partial charge in [0, 0.05) is 12.3 Å². The summed E-state index contributed by atoms with van der Waals surface area (Å²) >= 11 is 0. The van der Waals surface area contributed by atoms with Gasteiger partial charge in [0.15, 0.2) is 0 Å². The highest BCUT2D eigenvalue weighted by molar-refractivity contribution is 5.97. The van der Waals surface area contributed by atoms with Crippen molar-refractivity contribution in [2.45, 2.75) is 72.0 Å². The Morgan fingerprint density at radius 2 is 1.83 bits per heavy atom. The quantitative estimate of drug-likeness (QED) is 0.674. The molecule has 0 saturated heterocycles. The number of ether oxygens (including phenoxy) is 2. The molecule has 1 amide bonds. The summed E-state index contributed by atoms with van der Waals surface area (Å²) in [6.45, 7) is 10.6. The Morgan fingerprint density at radius 1 is 1.17 bits per heavy atom. The van der Waals surface area contributed by atoms with Crippen molar-refractivity contribution < 1.29 is 14.3 Å². The van der Waals surface area contributed by atoms with E-state index in [1.54, 1.807) is 0 Å². The number of hydrogen-bond donors (Lipinski definition) is 1. The van der Waals surface area contributed by atoms with Gasteiger partial charge in [-0.25, -0.2) is 0 Å². The maximum atomic E-state index is 12.6. The minimum absolute atomic E-state index is 0.0862. The molecule has 1 rings (SSSR count). The van der Waals surface area contributed by atoms with Crippen LogP contribution >= 0.6 is 0 Å². The molecule has 1 aromatic rings. The molecule has 1 aromatic carbocycles. The van der Waals surface area contributed by atoms with E-state index in [1.165, 1.54) is 0 Å². The van der Waals surface area contributed by atoms with Crippen molar-refractivity contribution in [1.29, 1.82) is 0 Å². The molecule has 1 N–H and O–H groups in total. The molecule has 130 valence electrons. The van der Waals surface area contributed by atoms with Gasteiger partial charge >= 0.3 is 0 Å². The second kappa shape index (κ2) is 9.56. The van der Waals surface area contributed by atoms with E-state index < -0.39 is 5.60 Å². The number of carbonyl (C=O) groups is 1. The molecule has 0 bridgehead atoms. The zero-order chi connectivity index (χ0) is 17.3. The number of anilines is 1. The Kier molecular flexibility index (Phi) is 8.10. The highest BCUT2D eigenvalue weighted by atomic mass is 16.5. The first kappa shape index (κ1) is 19.5. The zero-order valence-electron chi connectivity index (χ0n) is 15.1. The summed E-state index contributed by atoms with van der Waals surface area (Å²) in [4.78, 5) is 12.6. The third kappa shape index (κ3) is 6.61. The van der Waals surface area contributed by atoms with Crippen molar-refractivity contribution >= 4 is 11.6 Å². The minimum Gasteiger partial charge on any atom is -0.491 e. The first-order valence-electron chi connectivity index (χ1n) is 8.63. The normalized spacial score (nSPS) is 13.7. The van der Waals surface area contributed by atoms with E-state index in [9.17, 15) is 4.79 Å². The Labute approximate surface area is 140 Å². The molecule has 0 radical (unpaired) electrons. The van der Waals surface area contributed by atoms with E-state index in [0.717, 1.165) is 37.1 Å². The summed E-state index contributed by atoms with van der Waals surface area (Å²) < 4.78 is 11.5. The number of unbranched alkanes of at least 4 members (excludes halogenated alkanes) is 1. The van der Waals surface area contributed by atoms with Gasteiger partial charge in [-0.05, 0) is 57.9 Å². The third-order valence-electron chi connectivity index (χ3n) is 3.60. The van der Waals surface area contributed by atoms with E-state index in [1.807, 2.05) is 52.0 Å². The molecule has 0 saturated carbocycles. The predicted molar refractivity (Wildman–Crippen MR) is 95.0 cm³/mol. The summed E-state index contributed by atoms with van der Waals surface area (Å²) in [5.41, 5.74) is -0.0204. The molecule has 0 spiro atoms. The average molecular weight is 321 g/mol. The van der Waals surface area contributed by atoms with E-state index in [-0.39, 0.29) is 12.0 Å². The van der Waals surface area contributed by atoms with Crippen LogP contribution in [0.4, 0.5) is 5.69 Å². The SMILES string of the molecule is CCCC[C@](C)(OCCC)C(=O)Nc1ccc(OC(C)C)cc1. The van der Waals surface area contributed by atoms with Crippen molar-refractivity contribution in [2.24, 2.45) is 0 Å². The third-order valence-corrected chi connectivity index (χ3v) is 3.60.